The number of rotatable bonds is 6. The van der Waals surface area contributed by atoms with Crippen molar-refractivity contribution in [3.8, 4) is 0 Å². The van der Waals surface area contributed by atoms with Crippen molar-refractivity contribution >= 4 is 37.3 Å². The van der Waals surface area contributed by atoms with Gasteiger partial charge in [0.2, 0.25) is 10.0 Å². The van der Waals surface area contributed by atoms with Crippen LogP contribution in [0.25, 0.3) is 0 Å². The lowest BCUT2D eigenvalue weighted by Crippen LogP contribution is -2.36. The second-order valence-corrected chi connectivity index (χ2v) is 8.60. The maximum absolute atomic E-state index is 12.3. The first-order chi connectivity index (χ1) is 9.76. The van der Waals surface area contributed by atoms with Crippen LogP contribution >= 0.6 is 27.3 Å². The van der Waals surface area contributed by atoms with E-state index in [1.165, 1.54) is 6.07 Å². The highest BCUT2D eigenvalue weighted by molar-refractivity contribution is 9.10. The van der Waals surface area contributed by atoms with Crippen molar-refractivity contribution in [2.75, 3.05) is 6.54 Å². The smallest absolute Gasteiger partial charge is 0.244 e. The minimum atomic E-state index is -3.70. The van der Waals surface area contributed by atoms with Crippen molar-refractivity contribution in [1.82, 2.24) is 4.72 Å². The van der Waals surface area contributed by atoms with Crippen LogP contribution in [0.5, 0.6) is 0 Å². The summed E-state index contributed by atoms with van der Waals surface area (Å²) in [5.74, 6) is 0.194. The summed E-state index contributed by atoms with van der Waals surface area (Å²) < 4.78 is 32.4. The SMILES string of the molecule is CC(C)(CNS(=O)(=O)c1cc(CO)oc1Br)c1cccs1. The summed E-state index contributed by atoms with van der Waals surface area (Å²) in [5, 5.41) is 11.0. The van der Waals surface area contributed by atoms with Crippen molar-refractivity contribution in [3.05, 3.63) is 38.9 Å². The first-order valence-electron chi connectivity index (χ1n) is 6.19. The maximum Gasteiger partial charge on any atom is 0.244 e. The Morgan fingerprint density at radius 2 is 2.19 bits per heavy atom. The first-order valence-corrected chi connectivity index (χ1v) is 9.34. The van der Waals surface area contributed by atoms with Gasteiger partial charge in [-0.2, -0.15) is 0 Å². The van der Waals surface area contributed by atoms with Gasteiger partial charge in [0.25, 0.3) is 0 Å². The van der Waals surface area contributed by atoms with Gasteiger partial charge in [0, 0.05) is 22.9 Å². The van der Waals surface area contributed by atoms with Gasteiger partial charge >= 0.3 is 0 Å². The second kappa shape index (κ2) is 6.21. The molecule has 0 atom stereocenters. The van der Waals surface area contributed by atoms with Crippen molar-refractivity contribution in [2.24, 2.45) is 0 Å². The van der Waals surface area contributed by atoms with E-state index >= 15 is 0 Å². The molecule has 116 valence electrons. The van der Waals surface area contributed by atoms with Gasteiger partial charge in [-0.3, -0.25) is 0 Å². The molecule has 21 heavy (non-hydrogen) atoms. The Balaban J connectivity index is 2.16. The number of aliphatic hydroxyl groups is 1. The summed E-state index contributed by atoms with van der Waals surface area (Å²) in [5.41, 5.74) is -0.308. The monoisotopic (exact) mass is 393 g/mol. The normalized spacial score (nSPS) is 12.8. The fraction of sp³-hybridized carbons (Fsp3) is 0.385. The van der Waals surface area contributed by atoms with Gasteiger partial charge in [0.15, 0.2) is 4.67 Å². The maximum atomic E-state index is 12.3. The Kier molecular flexibility index (Phi) is 4.94. The second-order valence-electron chi connectivity index (χ2n) is 5.19. The fourth-order valence-corrected chi connectivity index (χ4v) is 4.82. The van der Waals surface area contributed by atoms with Crippen molar-refractivity contribution in [1.29, 1.82) is 0 Å². The molecule has 0 saturated heterocycles. The fourth-order valence-electron chi connectivity index (χ4n) is 1.76. The van der Waals surface area contributed by atoms with E-state index in [2.05, 4.69) is 20.7 Å². The lowest BCUT2D eigenvalue weighted by molar-refractivity contribution is 0.245. The van der Waals surface area contributed by atoms with Crippen LogP contribution in [0.4, 0.5) is 0 Å². The van der Waals surface area contributed by atoms with Gasteiger partial charge in [-0.15, -0.1) is 11.3 Å². The number of sulfonamides is 1. The predicted octanol–water partition coefficient (Wildman–Crippen LogP) is 2.85. The molecule has 2 aromatic heterocycles. The number of aliphatic hydroxyl groups excluding tert-OH is 1. The summed E-state index contributed by atoms with van der Waals surface area (Å²) in [6.45, 7) is 3.87. The average molecular weight is 394 g/mol. The summed E-state index contributed by atoms with van der Waals surface area (Å²) in [6.07, 6.45) is 0. The third kappa shape index (κ3) is 3.75. The van der Waals surface area contributed by atoms with E-state index in [1.807, 2.05) is 31.4 Å². The molecule has 0 aromatic carbocycles. The van der Waals surface area contributed by atoms with Gasteiger partial charge in [0.05, 0.1) is 0 Å². The van der Waals surface area contributed by atoms with Crippen LogP contribution < -0.4 is 4.72 Å². The molecule has 0 aliphatic heterocycles. The summed E-state index contributed by atoms with van der Waals surface area (Å²) in [4.78, 5) is 1.10. The molecule has 5 nitrogen and oxygen atoms in total. The number of hydrogen-bond acceptors (Lipinski definition) is 5. The van der Waals surface area contributed by atoms with Crippen LogP contribution in [0.15, 0.2) is 37.6 Å². The Labute approximate surface area is 136 Å². The Hall–Kier alpha value is -0.670. The number of halogens is 1. The molecule has 0 fully saturated rings. The summed E-state index contributed by atoms with van der Waals surface area (Å²) >= 11 is 4.65. The molecule has 0 bridgehead atoms. The highest BCUT2D eigenvalue weighted by atomic mass is 79.9. The summed E-state index contributed by atoms with van der Waals surface area (Å²) in [7, 11) is -3.70. The van der Waals surface area contributed by atoms with Crippen LogP contribution in [0, 0.1) is 0 Å². The molecular weight excluding hydrogens is 378 g/mol. The van der Waals surface area contributed by atoms with Gasteiger partial charge < -0.3 is 9.52 Å². The van der Waals surface area contributed by atoms with Gasteiger partial charge in [-0.05, 0) is 27.4 Å². The van der Waals surface area contributed by atoms with Crippen LogP contribution in [0.2, 0.25) is 0 Å². The Bertz CT molecular complexity index is 705. The molecule has 0 amide bonds. The minimum Gasteiger partial charge on any atom is -0.450 e. The Morgan fingerprint density at radius 3 is 2.71 bits per heavy atom. The molecule has 2 heterocycles. The highest BCUT2D eigenvalue weighted by Crippen LogP contribution is 2.29. The summed E-state index contributed by atoms with van der Waals surface area (Å²) in [6, 6.07) is 5.23. The number of nitrogens with one attached hydrogen (secondary N) is 1. The molecular formula is C13H16BrNO4S2. The molecule has 2 aromatic rings. The van der Waals surface area contributed by atoms with E-state index in [4.69, 9.17) is 9.52 Å². The van der Waals surface area contributed by atoms with Gasteiger partial charge in [0.1, 0.15) is 17.3 Å². The number of hydrogen-bond donors (Lipinski definition) is 2. The van der Waals surface area contributed by atoms with Crippen LogP contribution in [0.3, 0.4) is 0 Å². The van der Waals surface area contributed by atoms with E-state index < -0.39 is 10.0 Å². The van der Waals surface area contributed by atoms with E-state index in [1.54, 1.807) is 11.3 Å². The zero-order valence-corrected chi connectivity index (χ0v) is 14.8. The molecule has 0 spiro atoms. The zero-order valence-electron chi connectivity index (χ0n) is 11.6. The van der Waals surface area contributed by atoms with Crippen molar-refractivity contribution in [2.45, 2.75) is 30.8 Å². The molecule has 0 aliphatic carbocycles. The average Bonchev–Trinajstić information content (AvgIpc) is 3.06. The lowest BCUT2D eigenvalue weighted by atomic mass is 9.92. The quantitative estimate of drug-likeness (QED) is 0.790. The van der Waals surface area contributed by atoms with Crippen LogP contribution in [-0.2, 0) is 22.0 Å². The molecule has 2 rings (SSSR count). The van der Waals surface area contributed by atoms with E-state index in [0.29, 0.717) is 0 Å². The molecule has 0 saturated carbocycles. The highest BCUT2D eigenvalue weighted by Gasteiger charge is 2.27. The standard InChI is InChI=1S/C13H16BrNO4S2/c1-13(2,11-4-3-5-20-11)8-15-21(17,18)10-6-9(7-16)19-12(10)14/h3-6,15-16H,7-8H2,1-2H3. The minimum absolute atomic E-state index is 0.00599. The van der Waals surface area contributed by atoms with Gasteiger partial charge in [-0.1, -0.05) is 19.9 Å². The number of furan rings is 1. The lowest BCUT2D eigenvalue weighted by Gasteiger charge is -2.23. The Morgan fingerprint density at radius 1 is 1.48 bits per heavy atom. The third-order valence-electron chi connectivity index (χ3n) is 3.04. The van der Waals surface area contributed by atoms with E-state index in [-0.39, 0.29) is 33.9 Å². The van der Waals surface area contributed by atoms with Gasteiger partial charge in [-0.25, -0.2) is 13.1 Å². The molecule has 0 aliphatic rings. The molecule has 0 unspecified atom stereocenters. The predicted molar refractivity (Wildman–Crippen MR) is 84.9 cm³/mol. The largest absolute Gasteiger partial charge is 0.450 e. The molecule has 2 N–H and O–H groups in total. The zero-order chi connectivity index (χ0) is 15.7. The van der Waals surface area contributed by atoms with Crippen molar-refractivity contribution < 1.29 is 17.9 Å². The van der Waals surface area contributed by atoms with E-state index in [9.17, 15) is 8.42 Å². The topological polar surface area (TPSA) is 79.5 Å². The number of thiophene rings is 1. The van der Waals surface area contributed by atoms with E-state index in [0.717, 1.165) is 4.88 Å². The first kappa shape index (κ1) is 16.7. The third-order valence-corrected chi connectivity index (χ3v) is 6.54. The van der Waals surface area contributed by atoms with Crippen LogP contribution in [0.1, 0.15) is 24.5 Å². The van der Waals surface area contributed by atoms with Crippen LogP contribution in [-0.4, -0.2) is 20.1 Å². The van der Waals surface area contributed by atoms with Crippen molar-refractivity contribution in [3.63, 3.8) is 0 Å². The molecule has 0 radical (unpaired) electrons. The molecule has 8 heteroatoms.